The fourth-order valence-electron chi connectivity index (χ4n) is 3.13. The van der Waals surface area contributed by atoms with Gasteiger partial charge in [-0.05, 0) is 19.3 Å². The number of aromatic nitrogens is 4. The highest BCUT2D eigenvalue weighted by molar-refractivity contribution is 5.93. The van der Waals surface area contributed by atoms with Gasteiger partial charge in [0, 0.05) is 26.2 Å². The number of nitrogens with zero attached hydrogens (tertiary/aromatic N) is 4. The van der Waals surface area contributed by atoms with Gasteiger partial charge in [0.15, 0.2) is 0 Å². The van der Waals surface area contributed by atoms with E-state index >= 15 is 0 Å². The van der Waals surface area contributed by atoms with E-state index in [1.54, 1.807) is 22.7 Å². The number of hydrogen-bond donors (Lipinski definition) is 3. The first-order valence-electron chi connectivity index (χ1n) is 9.82. The third-order valence-corrected chi connectivity index (χ3v) is 4.46. The summed E-state index contributed by atoms with van der Waals surface area (Å²) in [6.07, 6.45) is 1.64. The van der Waals surface area contributed by atoms with Crippen molar-refractivity contribution in [3.63, 3.8) is 0 Å². The minimum atomic E-state index is -0.590. The van der Waals surface area contributed by atoms with Crippen molar-refractivity contribution in [2.24, 2.45) is 13.0 Å². The molecule has 0 aliphatic rings. The predicted octanol–water partition coefficient (Wildman–Crippen LogP) is 1.06. The average molecular weight is 406 g/mol. The van der Waals surface area contributed by atoms with Gasteiger partial charge in [0.2, 0.25) is 5.91 Å². The number of carbonyl (C=O) groups is 1. The molecule has 4 N–H and O–H groups in total. The molecule has 0 saturated heterocycles. The largest absolute Gasteiger partial charge is 0.383 e. The lowest BCUT2D eigenvalue weighted by atomic mass is 10.2. The number of aryl methyl sites for hydroxylation is 2. The Morgan fingerprint density at radius 3 is 2.62 bits per heavy atom. The molecule has 1 amide bonds. The van der Waals surface area contributed by atoms with Crippen LogP contribution in [-0.4, -0.2) is 38.3 Å². The fourth-order valence-corrected chi connectivity index (χ4v) is 3.13. The molecule has 10 heteroatoms. The van der Waals surface area contributed by atoms with E-state index in [0.717, 1.165) is 18.5 Å². The lowest BCUT2D eigenvalue weighted by Gasteiger charge is -2.26. The number of amides is 1. The number of nitrogens with one attached hydrogen (secondary N) is 2. The summed E-state index contributed by atoms with van der Waals surface area (Å²) in [5.74, 6) is 0.501. The van der Waals surface area contributed by atoms with Crippen molar-refractivity contribution in [1.29, 1.82) is 0 Å². The van der Waals surface area contributed by atoms with Crippen LogP contribution in [0.4, 0.5) is 17.3 Å². The van der Waals surface area contributed by atoms with E-state index in [-0.39, 0.29) is 29.9 Å². The maximum absolute atomic E-state index is 12.7. The molecule has 0 aliphatic carbocycles. The zero-order valence-electron chi connectivity index (χ0n) is 17.8. The van der Waals surface area contributed by atoms with Crippen LogP contribution >= 0.6 is 0 Å². The standard InChI is InChI=1S/C19H31N7O3/c1-6-7-8-25(11-15(27)21-14-9-13(4)23-24(14)5)16-17(20)26(10-12(2)3)19(29)22-18(16)28/h9,12H,6-8,10-11,20H2,1-5H3,(H,21,27)(H,22,28,29). The summed E-state index contributed by atoms with van der Waals surface area (Å²) in [6, 6.07) is 1.76. The van der Waals surface area contributed by atoms with Gasteiger partial charge in [0.05, 0.1) is 12.2 Å². The Hall–Kier alpha value is -3.04. The van der Waals surface area contributed by atoms with Gasteiger partial charge in [0.1, 0.15) is 17.3 Å². The lowest BCUT2D eigenvalue weighted by molar-refractivity contribution is -0.115. The van der Waals surface area contributed by atoms with Crippen molar-refractivity contribution in [2.75, 3.05) is 29.0 Å². The zero-order valence-corrected chi connectivity index (χ0v) is 17.8. The molecule has 29 heavy (non-hydrogen) atoms. The zero-order chi connectivity index (χ0) is 21.7. The van der Waals surface area contributed by atoms with Gasteiger partial charge in [0.25, 0.3) is 5.56 Å². The molecular formula is C19H31N7O3. The summed E-state index contributed by atoms with van der Waals surface area (Å²) in [6.45, 7) is 8.52. The van der Waals surface area contributed by atoms with E-state index in [0.29, 0.717) is 18.9 Å². The number of nitrogens with two attached hydrogens (primary N) is 1. The van der Waals surface area contributed by atoms with Crippen LogP contribution in [0.1, 0.15) is 39.3 Å². The molecule has 0 spiro atoms. The number of nitrogen functional groups attached to an aromatic ring is 1. The molecule has 2 heterocycles. The number of unbranched alkanes of at least 4 members (excludes halogenated alkanes) is 1. The van der Waals surface area contributed by atoms with Crippen molar-refractivity contribution in [1.82, 2.24) is 19.3 Å². The average Bonchev–Trinajstić information content (AvgIpc) is 2.92. The highest BCUT2D eigenvalue weighted by Crippen LogP contribution is 2.18. The van der Waals surface area contributed by atoms with Gasteiger partial charge in [-0.15, -0.1) is 0 Å². The quantitative estimate of drug-likeness (QED) is 0.572. The van der Waals surface area contributed by atoms with Crippen LogP contribution in [0.3, 0.4) is 0 Å². The van der Waals surface area contributed by atoms with Gasteiger partial charge in [-0.1, -0.05) is 27.2 Å². The Morgan fingerprint density at radius 1 is 1.38 bits per heavy atom. The minimum Gasteiger partial charge on any atom is -0.383 e. The summed E-state index contributed by atoms with van der Waals surface area (Å²) >= 11 is 0. The third kappa shape index (κ3) is 5.49. The molecule has 0 aromatic carbocycles. The van der Waals surface area contributed by atoms with E-state index in [2.05, 4.69) is 15.4 Å². The highest BCUT2D eigenvalue weighted by Gasteiger charge is 2.21. The van der Waals surface area contributed by atoms with E-state index < -0.39 is 11.2 Å². The van der Waals surface area contributed by atoms with E-state index in [4.69, 9.17) is 5.73 Å². The molecule has 0 atom stereocenters. The summed E-state index contributed by atoms with van der Waals surface area (Å²) in [5.41, 5.74) is 6.01. The van der Waals surface area contributed by atoms with Crippen molar-refractivity contribution in [3.05, 3.63) is 32.6 Å². The molecule has 2 rings (SSSR count). The molecule has 0 aliphatic heterocycles. The first-order valence-corrected chi connectivity index (χ1v) is 9.82. The minimum absolute atomic E-state index is 0.0720. The number of anilines is 3. The van der Waals surface area contributed by atoms with Crippen LogP contribution in [0.15, 0.2) is 15.7 Å². The molecular weight excluding hydrogens is 374 g/mol. The maximum atomic E-state index is 12.7. The van der Waals surface area contributed by atoms with E-state index in [9.17, 15) is 14.4 Å². The second-order valence-corrected chi connectivity index (χ2v) is 7.62. The highest BCUT2D eigenvalue weighted by atomic mass is 16.2. The second-order valence-electron chi connectivity index (χ2n) is 7.62. The number of carbonyl (C=O) groups excluding carboxylic acids is 1. The van der Waals surface area contributed by atoms with Crippen molar-refractivity contribution >= 4 is 23.2 Å². The van der Waals surface area contributed by atoms with Crippen LogP contribution in [0.5, 0.6) is 0 Å². The number of hydrogen-bond acceptors (Lipinski definition) is 6. The third-order valence-electron chi connectivity index (χ3n) is 4.46. The summed E-state index contributed by atoms with van der Waals surface area (Å²) in [5, 5.41) is 7.01. The Balaban J connectivity index is 2.36. The number of rotatable bonds is 9. The summed E-state index contributed by atoms with van der Waals surface area (Å²) in [4.78, 5) is 41.4. The maximum Gasteiger partial charge on any atom is 0.330 e. The normalized spacial score (nSPS) is 11.1. The molecule has 2 aromatic rings. The molecule has 0 fully saturated rings. The van der Waals surface area contributed by atoms with Crippen LogP contribution in [0.2, 0.25) is 0 Å². The van der Waals surface area contributed by atoms with Gasteiger partial charge < -0.3 is 16.0 Å². The van der Waals surface area contributed by atoms with Crippen LogP contribution < -0.4 is 27.2 Å². The van der Waals surface area contributed by atoms with Crippen molar-refractivity contribution in [2.45, 2.75) is 47.1 Å². The molecule has 160 valence electrons. The number of H-pyrrole nitrogens is 1. The lowest BCUT2D eigenvalue weighted by Crippen LogP contribution is -2.42. The summed E-state index contributed by atoms with van der Waals surface area (Å²) in [7, 11) is 1.74. The SMILES string of the molecule is CCCCN(CC(=O)Nc1cc(C)nn1C)c1c(N)n(CC(C)C)c(=O)[nH]c1=O. The smallest absolute Gasteiger partial charge is 0.330 e. The molecule has 0 bridgehead atoms. The van der Waals surface area contributed by atoms with E-state index in [1.807, 2.05) is 27.7 Å². The second kappa shape index (κ2) is 9.44. The van der Waals surface area contributed by atoms with Gasteiger partial charge in [-0.3, -0.25) is 23.8 Å². The number of aromatic amines is 1. The Morgan fingerprint density at radius 2 is 2.07 bits per heavy atom. The van der Waals surface area contributed by atoms with Gasteiger partial charge >= 0.3 is 5.69 Å². The van der Waals surface area contributed by atoms with Crippen molar-refractivity contribution in [3.8, 4) is 0 Å². The van der Waals surface area contributed by atoms with Gasteiger partial charge in [-0.25, -0.2) is 4.79 Å². The first-order chi connectivity index (χ1) is 13.6. The van der Waals surface area contributed by atoms with Crippen LogP contribution in [0.25, 0.3) is 0 Å². The van der Waals surface area contributed by atoms with Crippen molar-refractivity contribution < 1.29 is 4.79 Å². The predicted molar refractivity (Wildman–Crippen MR) is 114 cm³/mol. The monoisotopic (exact) mass is 405 g/mol. The molecule has 0 radical (unpaired) electrons. The first kappa shape index (κ1) is 22.3. The Kier molecular flexibility index (Phi) is 7.24. The molecule has 0 saturated carbocycles. The van der Waals surface area contributed by atoms with E-state index in [1.165, 1.54) is 4.57 Å². The van der Waals surface area contributed by atoms with Crippen LogP contribution in [-0.2, 0) is 18.4 Å². The molecule has 10 nitrogen and oxygen atoms in total. The Labute approximate surface area is 169 Å². The molecule has 0 unspecified atom stereocenters. The topological polar surface area (TPSA) is 131 Å². The summed E-state index contributed by atoms with van der Waals surface area (Å²) < 4.78 is 2.93. The fraction of sp³-hybridized carbons (Fsp3) is 0.579. The molecule has 2 aromatic heterocycles. The van der Waals surface area contributed by atoms with Crippen LogP contribution in [0, 0.1) is 12.8 Å². The Bertz CT molecular complexity index is 971. The van der Waals surface area contributed by atoms with Gasteiger partial charge in [-0.2, -0.15) is 5.10 Å².